The number of piperidine rings is 1. The molecule has 8 nitrogen and oxygen atoms in total. The van der Waals surface area contributed by atoms with E-state index in [1.807, 2.05) is 4.90 Å². The number of ether oxygens (including phenoxy) is 2. The van der Waals surface area contributed by atoms with Gasteiger partial charge < -0.3 is 15.2 Å². The van der Waals surface area contributed by atoms with Crippen LogP contribution in [0.15, 0.2) is 12.1 Å². The number of carbonyl (C=O) groups excluding carboxylic acids is 1. The van der Waals surface area contributed by atoms with Crippen LogP contribution in [-0.2, 0) is 11.3 Å². The van der Waals surface area contributed by atoms with Crippen LogP contribution in [0.4, 0.5) is 5.69 Å². The van der Waals surface area contributed by atoms with Gasteiger partial charge in [0.2, 0.25) is 12.7 Å². The van der Waals surface area contributed by atoms with Crippen LogP contribution in [0.3, 0.4) is 0 Å². The van der Waals surface area contributed by atoms with Crippen molar-refractivity contribution < 1.29 is 19.2 Å². The predicted molar refractivity (Wildman–Crippen MR) is 76.4 cm³/mol. The normalized spacial score (nSPS) is 20.8. The Morgan fingerprint density at radius 2 is 2.14 bits per heavy atom. The van der Waals surface area contributed by atoms with Crippen molar-refractivity contribution in [2.75, 3.05) is 19.9 Å². The standard InChI is InChI=1S/C14H17N3O5/c15-14(18)9-2-1-3-16(6-9)7-10-4-12-13(22-8-21-12)5-11(10)17(19)20/h4-5,9H,1-3,6-8H2,(H2,15,18)/t9-/m1/s1. The van der Waals surface area contributed by atoms with Crippen LogP contribution in [0.1, 0.15) is 18.4 Å². The molecule has 1 amide bonds. The van der Waals surface area contributed by atoms with Crippen LogP contribution in [0.5, 0.6) is 11.5 Å². The molecule has 0 unspecified atom stereocenters. The SMILES string of the molecule is NC(=O)[C@@H]1CCCN(Cc2cc3c(cc2[N+](=O)[O-])OCO3)C1. The highest BCUT2D eigenvalue weighted by Crippen LogP contribution is 2.38. The van der Waals surface area contributed by atoms with Crippen LogP contribution in [0.25, 0.3) is 0 Å². The van der Waals surface area contributed by atoms with E-state index in [0.29, 0.717) is 30.2 Å². The van der Waals surface area contributed by atoms with E-state index in [2.05, 4.69) is 0 Å². The fourth-order valence-corrected chi connectivity index (χ4v) is 2.94. The fraction of sp³-hybridized carbons (Fsp3) is 0.500. The Hall–Kier alpha value is -2.35. The molecule has 8 heteroatoms. The van der Waals surface area contributed by atoms with Crippen molar-refractivity contribution in [2.45, 2.75) is 19.4 Å². The van der Waals surface area contributed by atoms with E-state index >= 15 is 0 Å². The van der Waals surface area contributed by atoms with Crippen molar-refractivity contribution >= 4 is 11.6 Å². The number of nitrogens with zero attached hydrogens (tertiary/aromatic N) is 2. The number of nitrogens with two attached hydrogens (primary N) is 1. The molecule has 0 aromatic heterocycles. The minimum atomic E-state index is -0.424. The highest BCUT2D eigenvalue weighted by molar-refractivity contribution is 5.76. The molecule has 2 N–H and O–H groups in total. The van der Waals surface area contributed by atoms with Gasteiger partial charge in [-0.2, -0.15) is 0 Å². The molecule has 2 aliphatic rings. The molecule has 0 radical (unpaired) electrons. The van der Waals surface area contributed by atoms with Gasteiger partial charge in [0, 0.05) is 18.7 Å². The monoisotopic (exact) mass is 307 g/mol. The van der Waals surface area contributed by atoms with Gasteiger partial charge in [-0.3, -0.25) is 19.8 Å². The first-order valence-corrected chi connectivity index (χ1v) is 7.13. The summed E-state index contributed by atoms with van der Waals surface area (Å²) in [6.45, 7) is 1.77. The van der Waals surface area contributed by atoms with Gasteiger partial charge in [-0.1, -0.05) is 0 Å². The lowest BCUT2D eigenvalue weighted by molar-refractivity contribution is -0.385. The van der Waals surface area contributed by atoms with Crippen LogP contribution < -0.4 is 15.2 Å². The lowest BCUT2D eigenvalue weighted by Crippen LogP contribution is -2.40. The Balaban J connectivity index is 1.82. The Bertz CT molecular complexity index is 619. The third-order valence-corrected chi connectivity index (χ3v) is 4.07. The number of amides is 1. The molecule has 1 saturated heterocycles. The van der Waals surface area contributed by atoms with Crippen LogP contribution in [0, 0.1) is 16.0 Å². The van der Waals surface area contributed by atoms with E-state index in [1.165, 1.54) is 6.07 Å². The number of fused-ring (bicyclic) bond motifs is 1. The average Bonchev–Trinajstić information content (AvgIpc) is 2.93. The molecule has 2 heterocycles. The van der Waals surface area contributed by atoms with Gasteiger partial charge in [0.25, 0.3) is 5.69 Å². The summed E-state index contributed by atoms with van der Waals surface area (Å²) in [6, 6.07) is 3.04. The second kappa shape index (κ2) is 5.80. The summed E-state index contributed by atoms with van der Waals surface area (Å²) < 4.78 is 10.5. The molecule has 22 heavy (non-hydrogen) atoms. The number of hydrogen-bond donors (Lipinski definition) is 1. The van der Waals surface area contributed by atoms with Crippen molar-refractivity contribution in [3.63, 3.8) is 0 Å². The predicted octanol–water partition coefficient (Wildman–Crippen LogP) is 1.02. The summed E-state index contributed by atoms with van der Waals surface area (Å²) in [5.41, 5.74) is 5.92. The molecule has 1 aromatic carbocycles. The van der Waals surface area contributed by atoms with Gasteiger partial charge >= 0.3 is 0 Å². The molecular weight excluding hydrogens is 290 g/mol. The maximum atomic E-state index is 11.3. The molecule has 118 valence electrons. The summed E-state index contributed by atoms with van der Waals surface area (Å²) in [6.07, 6.45) is 1.63. The molecule has 0 aliphatic carbocycles. The number of rotatable bonds is 4. The van der Waals surface area contributed by atoms with Crippen LogP contribution >= 0.6 is 0 Å². The summed E-state index contributed by atoms with van der Waals surface area (Å²) >= 11 is 0. The van der Waals surface area contributed by atoms with Gasteiger partial charge in [-0.25, -0.2) is 0 Å². The van der Waals surface area contributed by atoms with Crippen molar-refractivity contribution in [3.05, 3.63) is 27.8 Å². The minimum absolute atomic E-state index is 0.00504. The van der Waals surface area contributed by atoms with Crippen LogP contribution in [0.2, 0.25) is 0 Å². The van der Waals surface area contributed by atoms with E-state index in [9.17, 15) is 14.9 Å². The zero-order valence-electron chi connectivity index (χ0n) is 12.0. The smallest absolute Gasteiger partial charge is 0.277 e. The maximum Gasteiger partial charge on any atom is 0.277 e. The molecule has 3 rings (SSSR count). The number of nitro benzene ring substituents is 1. The number of benzene rings is 1. The van der Waals surface area contributed by atoms with Crippen molar-refractivity contribution in [3.8, 4) is 11.5 Å². The largest absolute Gasteiger partial charge is 0.454 e. The fourth-order valence-electron chi connectivity index (χ4n) is 2.94. The van der Waals surface area contributed by atoms with E-state index < -0.39 is 4.92 Å². The third kappa shape index (κ3) is 2.82. The summed E-state index contributed by atoms with van der Waals surface area (Å²) in [4.78, 5) is 24.2. The van der Waals surface area contributed by atoms with Gasteiger partial charge in [0.15, 0.2) is 11.5 Å². The number of nitro groups is 1. The highest BCUT2D eigenvalue weighted by atomic mass is 16.7. The minimum Gasteiger partial charge on any atom is -0.454 e. The Morgan fingerprint density at radius 1 is 1.41 bits per heavy atom. The second-order valence-corrected chi connectivity index (χ2v) is 5.57. The number of hydrogen-bond acceptors (Lipinski definition) is 6. The van der Waals surface area contributed by atoms with E-state index in [-0.39, 0.29) is 24.3 Å². The average molecular weight is 307 g/mol. The number of primary amides is 1. The van der Waals surface area contributed by atoms with Gasteiger partial charge in [0.05, 0.1) is 16.9 Å². The Morgan fingerprint density at radius 3 is 2.82 bits per heavy atom. The molecule has 1 atom stereocenters. The molecular formula is C14H17N3O5. The van der Waals surface area contributed by atoms with Gasteiger partial charge in [0.1, 0.15) is 0 Å². The van der Waals surface area contributed by atoms with E-state index in [4.69, 9.17) is 15.2 Å². The zero-order valence-corrected chi connectivity index (χ0v) is 12.0. The van der Waals surface area contributed by atoms with Crippen LogP contribution in [-0.4, -0.2) is 35.6 Å². The van der Waals surface area contributed by atoms with Crippen molar-refractivity contribution in [1.82, 2.24) is 4.90 Å². The Labute approximate surface area is 126 Å². The molecule has 1 aromatic rings. The molecule has 2 aliphatic heterocycles. The Kier molecular flexibility index (Phi) is 3.84. The third-order valence-electron chi connectivity index (χ3n) is 4.07. The molecule has 0 spiro atoms. The quantitative estimate of drug-likeness (QED) is 0.657. The first kappa shape index (κ1) is 14.6. The number of carbonyl (C=O) groups is 1. The molecule has 0 saturated carbocycles. The molecule has 0 bridgehead atoms. The van der Waals surface area contributed by atoms with Crippen molar-refractivity contribution in [2.24, 2.45) is 11.7 Å². The first-order chi connectivity index (χ1) is 10.5. The summed E-state index contributed by atoms with van der Waals surface area (Å²) in [7, 11) is 0. The summed E-state index contributed by atoms with van der Waals surface area (Å²) in [5.74, 6) is 0.403. The van der Waals surface area contributed by atoms with Gasteiger partial charge in [-0.15, -0.1) is 0 Å². The topological polar surface area (TPSA) is 108 Å². The maximum absolute atomic E-state index is 11.3. The van der Waals surface area contributed by atoms with Crippen molar-refractivity contribution in [1.29, 1.82) is 0 Å². The van der Waals surface area contributed by atoms with E-state index in [0.717, 1.165) is 19.4 Å². The van der Waals surface area contributed by atoms with Gasteiger partial charge in [-0.05, 0) is 25.5 Å². The second-order valence-electron chi connectivity index (χ2n) is 5.57. The lowest BCUT2D eigenvalue weighted by Gasteiger charge is -2.30. The van der Waals surface area contributed by atoms with E-state index in [1.54, 1.807) is 6.07 Å². The lowest BCUT2D eigenvalue weighted by atomic mass is 9.97. The summed E-state index contributed by atoms with van der Waals surface area (Å²) in [5, 5.41) is 11.3. The number of likely N-dealkylation sites (tertiary alicyclic amines) is 1. The first-order valence-electron chi connectivity index (χ1n) is 7.13. The molecule has 1 fully saturated rings. The zero-order chi connectivity index (χ0) is 15.7. The highest BCUT2D eigenvalue weighted by Gasteiger charge is 2.28.